The number of rotatable bonds is 5. The third kappa shape index (κ3) is 3.88. The van der Waals surface area contributed by atoms with Crippen LogP contribution < -0.4 is 10.3 Å². The van der Waals surface area contributed by atoms with Crippen molar-refractivity contribution in [3.63, 3.8) is 0 Å². The van der Waals surface area contributed by atoms with Gasteiger partial charge in [-0.15, -0.1) is 0 Å². The first-order chi connectivity index (χ1) is 15.3. The largest absolute Gasteiger partial charge is 0.487 e. The number of aliphatic hydroxyl groups is 1. The second kappa shape index (κ2) is 8.52. The number of ether oxygens (including phenoxy) is 1. The summed E-state index contributed by atoms with van der Waals surface area (Å²) < 4.78 is 35.0. The molecule has 0 spiro atoms. The number of carbonyl (C=O) groups excluding carboxylic acids is 1. The Labute approximate surface area is 185 Å². The first kappa shape index (κ1) is 21.7. The summed E-state index contributed by atoms with van der Waals surface area (Å²) in [5.74, 6) is -1.94. The molecule has 0 aliphatic carbocycles. The average Bonchev–Trinajstić information content (AvgIpc) is 3.19. The van der Waals surface area contributed by atoms with E-state index in [1.165, 1.54) is 27.6 Å². The zero-order valence-electron chi connectivity index (χ0n) is 16.7. The molecule has 32 heavy (non-hydrogen) atoms. The first-order valence-electron chi connectivity index (χ1n) is 9.40. The van der Waals surface area contributed by atoms with Gasteiger partial charge in [-0.3, -0.25) is 18.7 Å². The molecule has 1 N–H and O–H groups in total. The summed E-state index contributed by atoms with van der Waals surface area (Å²) in [5.41, 5.74) is 1.41. The van der Waals surface area contributed by atoms with E-state index in [0.717, 1.165) is 12.1 Å². The van der Waals surface area contributed by atoms with Crippen molar-refractivity contribution >= 4 is 28.5 Å². The molecule has 0 fully saturated rings. The molecule has 2 heterocycles. The maximum Gasteiger partial charge on any atom is 0.277 e. The third-order valence-corrected chi connectivity index (χ3v) is 5.24. The van der Waals surface area contributed by atoms with Crippen LogP contribution >= 0.6 is 11.6 Å². The van der Waals surface area contributed by atoms with Gasteiger partial charge in [0.1, 0.15) is 41.9 Å². The van der Waals surface area contributed by atoms with Crippen LogP contribution in [0, 0.1) is 18.6 Å². The average molecular weight is 460 g/mol. The van der Waals surface area contributed by atoms with Crippen LogP contribution in [0.1, 0.15) is 16.1 Å². The summed E-state index contributed by atoms with van der Waals surface area (Å²) in [6, 6.07) is 9.46. The van der Waals surface area contributed by atoms with E-state index in [2.05, 4.69) is 4.98 Å². The number of pyridine rings is 1. The normalized spacial score (nSPS) is 11.2. The lowest BCUT2D eigenvalue weighted by atomic mass is 10.2. The molecule has 0 atom stereocenters. The Bertz CT molecular complexity index is 1410. The van der Waals surface area contributed by atoms with E-state index in [-0.39, 0.29) is 22.9 Å². The lowest BCUT2D eigenvalue weighted by Crippen LogP contribution is -2.22. The molecule has 7 nitrogen and oxygen atoms in total. The standard InChI is InChI=1S/C22H16ClF2N3O4/c1-12-6-19(32-10-13-2-3-14(24)7-16(13)25)21(23)22(31)28(12)15-4-5-18-17(8-15)26-11-27(18)20(30)9-29/h2-8,11,29H,9-10H2,1H3. The monoisotopic (exact) mass is 459 g/mol. The van der Waals surface area contributed by atoms with Crippen molar-refractivity contribution in [2.24, 2.45) is 0 Å². The van der Waals surface area contributed by atoms with Gasteiger partial charge >= 0.3 is 0 Å². The van der Waals surface area contributed by atoms with E-state index in [0.29, 0.717) is 22.4 Å². The van der Waals surface area contributed by atoms with Gasteiger partial charge in [-0.05, 0) is 37.3 Å². The van der Waals surface area contributed by atoms with Gasteiger partial charge < -0.3 is 9.84 Å². The van der Waals surface area contributed by atoms with Gasteiger partial charge in [0.05, 0.1) is 16.7 Å². The molecule has 0 saturated carbocycles. The minimum atomic E-state index is -0.765. The summed E-state index contributed by atoms with van der Waals surface area (Å²) in [4.78, 5) is 28.9. The maximum absolute atomic E-state index is 13.8. The Morgan fingerprint density at radius 1 is 1.19 bits per heavy atom. The van der Waals surface area contributed by atoms with Crippen LogP contribution in [0.5, 0.6) is 5.75 Å². The number of hydrogen-bond acceptors (Lipinski definition) is 5. The highest BCUT2D eigenvalue weighted by Crippen LogP contribution is 2.26. The molecule has 0 bridgehead atoms. The van der Waals surface area contributed by atoms with Crippen molar-refractivity contribution in [1.29, 1.82) is 0 Å². The number of hydrogen-bond donors (Lipinski definition) is 1. The van der Waals surface area contributed by atoms with Crippen molar-refractivity contribution in [2.75, 3.05) is 6.61 Å². The van der Waals surface area contributed by atoms with Gasteiger partial charge in [-0.1, -0.05) is 11.6 Å². The predicted molar refractivity (Wildman–Crippen MR) is 113 cm³/mol. The van der Waals surface area contributed by atoms with E-state index < -0.39 is 29.7 Å². The summed E-state index contributed by atoms with van der Waals surface area (Å²) >= 11 is 6.23. The highest BCUT2D eigenvalue weighted by Gasteiger charge is 2.16. The van der Waals surface area contributed by atoms with Crippen molar-refractivity contribution in [1.82, 2.24) is 14.1 Å². The number of nitrogens with zero attached hydrogens (tertiary/aromatic N) is 3. The number of carbonyl (C=O) groups is 1. The number of imidazole rings is 1. The fraction of sp³-hybridized carbons (Fsp3) is 0.136. The fourth-order valence-electron chi connectivity index (χ4n) is 3.32. The number of fused-ring (bicyclic) bond motifs is 1. The van der Waals surface area contributed by atoms with E-state index in [1.54, 1.807) is 25.1 Å². The summed E-state index contributed by atoms with van der Waals surface area (Å²) in [5, 5.41) is 8.86. The minimum Gasteiger partial charge on any atom is -0.487 e. The van der Waals surface area contributed by atoms with Crippen LogP contribution in [-0.4, -0.2) is 31.7 Å². The van der Waals surface area contributed by atoms with E-state index in [4.69, 9.17) is 21.4 Å². The lowest BCUT2D eigenvalue weighted by Gasteiger charge is -2.15. The Morgan fingerprint density at radius 2 is 1.97 bits per heavy atom. The van der Waals surface area contributed by atoms with Crippen molar-refractivity contribution in [2.45, 2.75) is 13.5 Å². The second-order valence-corrected chi connectivity index (χ2v) is 7.35. The minimum absolute atomic E-state index is 0.0630. The fourth-order valence-corrected chi connectivity index (χ4v) is 3.51. The van der Waals surface area contributed by atoms with Gasteiger partial charge in [-0.2, -0.15) is 0 Å². The molecule has 2 aromatic carbocycles. The van der Waals surface area contributed by atoms with E-state index in [9.17, 15) is 18.4 Å². The Balaban J connectivity index is 1.68. The molecule has 0 aliphatic heterocycles. The maximum atomic E-state index is 13.8. The molecule has 4 rings (SSSR count). The topological polar surface area (TPSA) is 86.4 Å². The summed E-state index contributed by atoms with van der Waals surface area (Å²) in [7, 11) is 0. The number of halogens is 3. The molecule has 0 radical (unpaired) electrons. The van der Waals surface area contributed by atoms with Crippen LogP contribution in [0.3, 0.4) is 0 Å². The molecule has 0 amide bonds. The van der Waals surface area contributed by atoms with E-state index in [1.807, 2.05) is 0 Å². The van der Waals surface area contributed by atoms with E-state index >= 15 is 0 Å². The van der Waals surface area contributed by atoms with Crippen LogP contribution in [0.25, 0.3) is 16.7 Å². The van der Waals surface area contributed by atoms with Crippen LogP contribution in [-0.2, 0) is 6.61 Å². The third-order valence-electron chi connectivity index (χ3n) is 4.89. The second-order valence-electron chi connectivity index (χ2n) is 6.97. The zero-order valence-corrected chi connectivity index (χ0v) is 17.4. The van der Waals surface area contributed by atoms with Crippen LogP contribution in [0.15, 0.2) is 53.6 Å². The number of benzene rings is 2. The Hall–Kier alpha value is -3.56. The van der Waals surface area contributed by atoms with Crippen LogP contribution in [0.4, 0.5) is 8.78 Å². The molecule has 2 aromatic heterocycles. The molecule has 0 aliphatic rings. The molecular formula is C22H16ClF2N3O4. The SMILES string of the molecule is Cc1cc(OCc2ccc(F)cc2F)c(Cl)c(=O)n1-c1ccc2c(c1)ncn2C(=O)CO. The first-order valence-corrected chi connectivity index (χ1v) is 9.78. The molecule has 10 heteroatoms. The van der Waals surface area contributed by atoms with Crippen LogP contribution in [0.2, 0.25) is 5.02 Å². The highest BCUT2D eigenvalue weighted by molar-refractivity contribution is 6.31. The molecular weight excluding hydrogens is 444 g/mol. The van der Waals surface area contributed by atoms with Crippen molar-refractivity contribution < 1.29 is 23.4 Å². The Kier molecular flexibility index (Phi) is 5.77. The highest BCUT2D eigenvalue weighted by atomic mass is 35.5. The lowest BCUT2D eigenvalue weighted by molar-refractivity contribution is 0.0823. The van der Waals surface area contributed by atoms with Crippen molar-refractivity contribution in [3.05, 3.63) is 87.1 Å². The quantitative estimate of drug-likeness (QED) is 0.492. The Morgan fingerprint density at radius 3 is 2.69 bits per heavy atom. The summed E-state index contributed by atoms with van der Waals surface area (Å²) in [6.07, 6.45) is 1.29. The van der Waals surface area contributed by atoms with Gasteiger partial charge in [0.15, 0.2) is 0 Å². The smallest absolute Gasteiger partial charge is 0.277 e. The molecule has 164 valence electrons. The molecule has 0 saturated heterocycles. The number of aromatic nitrogens is 3. The number of aryl methyl sites for hydroxylation is 1. The van der Waals surface area contributed by atoms with Gasteiger partial charge in [-0.25, -0.2) is 13.8 Å². The van der Waals surface area contributed by atoms with Crippen molar-refractivity contribution in [3.8, 4) is 11.4 Å². The van der Waals surface area contributed by atoms with Gasteiger partial charge in [0.25, 0.3) is 11.5 Å². The summed E-state index contributed by atoms with van der Waals surface area (Å²) in [6.45, 7) is 0.767. The molecule has 4 aromatic rings. The molecule has 0 unspecified atom stereocenters. The van der Waals surface area contributed by atoms with Gasteiger partial charge in [0, 0.05) is 23.4 Å². The predicted octanol–water partition coefficient (Wildman–Crippen LogP) is 3.64. The zero-order chi connectivity index (χ0) is 23.0. The van der Waals surface area contributed by atoms with Gasteiger partial charge in [0.2, 0.25) is 0 Å². The number of aliphatic hydroxyl groups excluding tert-OH is 1.